The van der Waals surface area contributed by atoms with E-state index < -0.39 is 0 Å². The Labute approximate surface area is 128 Å². The van der Waals surface area contributed by atoms with Crippen molar-refractivity contribution in [2.24, 2.45) is 0 Å². The average molecular weight is 295 g/mol. The molecule has 3 rings (SSSR count). The van der Waals surface area contributed by atoms with Gasteiger partial charge in [0.1, 0.15) is 11.3 Å². The molecule has 0 fully saturated rings. The smallest absolute Gasteiger partial charge is 0.227 e. The van der Waals surface area contributed by atoms with E-state index in [0.29, 0.717) is 13.0 Å². The van der Waals surface area contributed by atoms with Gasteiger partial charge in [0.25, 0.3) is 0 Å². The van der Waals surface area contributed by atoms with Crippen LogP contribution in [-0.4, -0.2) is 23.0 Å². The van der Waals surface area contributed by atoms with Crippen LogP contribution in [0.2, 0.25) is 0 Å². The Balaban J connectivity index is 1.72. The topological polar surface area (TPSA) is 53.7 Å². The molecule has 3 aromatic rings. The molecule has 2 aromatic carbocycles. The molecule has 112 valence electrons. The Morgan fingerprint density at radius 2 is 2.00 bits per heavy atom. The van der Waals surface area contributed by atoms with Crippen LogP contribution in [-0.2, 0) is 17.8 Å². The van der Waals surface area contributed by atoms with Gasteiger partial charge >= 0.3 is 0 Å². The van der Waals surface area contributed by atoms with Crippen LogP contribution in [0.4, 0.5) is 0 Å². The molecular weight excluding hydrogens is 278 g/mol. The molecular formula is C18H17NO3. The Bertz CT molecular complexity index is 807. The Kier molecular flexibility index (Phi) is 3.83. The summed E-state index contributed by atoms with van der Waals surface area (Å²) in [6, 6.07) is 14.6. The maximum Gasteiger partial charge on any atom is 0.227 e. The molecule has 0 saturated heterocycles. The lowest BCUT2D eigenvalue weighted by molar-refractivity contribution is -0.129. The van der Waals surface area contributed by atoms with Crippen LogP contribution in [0.3, 0.4) is 0 Å². The number of fused-ring (bicyclic) bond motifs is 1. The number of nitrogens with zero attached hydrogens (tertiary/aromatic N) is 1. The van der Waals surface area contributed by atoms with Gasteiger partial charge in [0.2, 0.25) is 5.91 Å². The van der Waals surface area contributed by atoms with Crippen LogP contribution in [0.15, 0.2) is 59.2 Å². The quantitative estimate of drug-likeness (QED) is 0.803. The van der Waals surface area contributed by atoms with E-state index in [1.165, 1.54) is 0 Å². The van der Waals surface area contributed by atoms with Crippen molar-refractivity contribution in [1.29, 1.82) is 0 Å². The first-order valence-electron chi connectivity index (χ1n) is 7.10. The predicted octanol–water partition coefficient (Wildman–Crippen LogP) is 3.34. The summed E-state index contributed by atoms with van der Waals surface area (Å²) in [5, 5.41) is 10.5. The van der Waals surface area contributed by atoms with Gasteiger partial charge in [0, 0.05) is 19.0 Å². The SMILES string of the molecule is CN(Cc1cccc(O)c1)C(=O)Cc1cccc2occc12. The minimum absolute atomic E-state index is 0.0250. The van der Waals surface area contributed by atoms with E-state index in [9.17, 15) is 9.90 Å². The normalized spacial score (nSPS) is 10.8. The third-order valence-electron chi connectivity index (χ3n) is 3.68. The highest BCUT2D eigenvalue weighted by molar-refractivity contribution is 5.87. The van der Waals surface area contributed by atoms with Crippen LogP contribution in [0, 0.1) is 0 Å². The van der Waals surface area contributed by atoms with E-state index in [0.717, 1.165) is 22.1 Å². The van der Waals surface area contributed by atoms with Crippen LogP contribution in [0.25, 0.3) is 11.0 Å². The highest BCUT2D eigenvalue weighted by Crippen LogP contribution is 2.21. The second-order valence-corrected chi connectivity index (χ2v) is 5.35. The monoisotopic (exact) mass is 295 g/mol. The molecule has 0 aliphatic heterocycles. The Hall–Kier alpha value is -2.75. The van der Waals surface area contributed by atoms with Gasteiger partial charge in [-0.05, 0) is 35.4 Å². The van der Waals surface area contributed by atoms with Crippen molar-refractivity contribution in [2.45, 2.75) is 13.0 Å². The summed E-state index contributed by atoms with van der Waals surface area (Å²) >= 11 is 0. The van der Waals surface area contributed by atoms with Gasteiger partial charge in [-0.25, -0.2) is 0 Å². The molecule has 1 amide bonds. The summed E-state index contributed by atoms with van der Waals surface area (Å²) in [4.78, 5) is 14.1. The zero-order valence-electron chi connectivity index (χ0n) is 12.3. The molecule has 0 unspecified atom stereocenters. The number of carbonyl (C=O) groups is 1. The first-order valence-corrected chi connectivity index (χ1v) is 7.10. The number of benzene rings is 2. The second kappa shape index (κ2) is 5.93. The van der Waals surface area contributed by atoms with E-state index in [2.05, 4.69) is 0 Å². The fourth-order valence-electron chi connectivity index (χ4n) is 2.53. The minimum atomic E-state index is 0.0250. The third-order valence-corrected chi connectivity index (χ3v) is 3.68. The zero-order valence-corrected chi connectivity index (χ0v) is 12.3. The van der Waals surface area contributed by atoms with Gasteiger partial charge in [-0.15, -0.1) is 0 Å². The lowest BCUT2D eigenvalue weighted by atomic mass is 10.1. The van der Waals surface area contributed by atoms with E-state index >= 15 is 0 Å². The summed E-state index contributed by atoms with van der Waals surface area (Å²) in [6.07, 6.45) is 1.96. The highest BCUT2D eigenvalue weighted by atomic mass is 16.3. The summed E-state index contributed by atoms with van der Waals surface area (Å²) in [6.45, 7) is 0.467. The third kappa shape index (κ3) is 2.96. The minimum Gasteiger partial charge on any atom is -0.508 e. The number of hydrogen-bond donors (Lipinski definition) is 1. The number of furan rings is 1. The van der Waals surface area contributed by atoms with Crippen molar-refractivity contribution in [2.75, 3.05) is 7.05 Å². The zero-order chi connectivity index (χ0) is 15.5. The number of amides is 1. The molecule has 4 heteroatoms. The number of phenols is 1. The van der Waals surface area contributed by atoms with E-state index in [1.54, 1.807) is 36.4 Å². The summed E-state index contributed by atoms with van der Waals surface area (Å²) in [5.41, 5.74) is 2.65. The number of hydrogen-bond acceptors (Lipinski definition) is 3. The standard InChI is InChI=1S/C18H17NO3/c1-19(12-13-4-2-6-15(20)10-13)18(21)11-14-5-3-7-17-16(14)8-9-22-17/h2-10,20H,11-12H2,1H3. The Morgan fingerprint density at radius 1 is 1.18 bits per heavy atom. The molecule has 1 heterocycles. The van der Waals surface area contributed by atoms with Crippen LogP contribution in [0.5, 0.6) is 5.75 Å². The number of rotatable bonds is 4. The van der Waals surface area contributed by atoms with Gasteiger partial charge in [-0.1, -0.05) is 24.3 Å². The van der Waals surface area contributed by atoms with Crippen molar-refractivity contribution >= 4 is 16.9 Å². The van der Waals surface area contributed by atoms with Gasteiger partial charge in [0.05, 0.1) is 12.7 Å². The molecule has 0 radical (unpaired) electrons. The Morgan fingerprint density at radius 3 is 2.82 bits per heavy atom. The predicted molar refractivity (Wildman–Crippen MR) is 84.5 cm³/mol. The first kappa shape index (κ1) is 14.2. The fourth-order valence-corrected chi connectivity index (χ4v) is 2.53. The molecule has 0 aliphatic carbocycles. The molecule has 22 heavy (non-hydrogen) atoms. The number of aromatic hydroxyl groups is 1. The number of likely N-dealkylation sites (N-methyl/N-ethyl adjacent to an activating group) is 1. The van der Waals surface area contributed by atoms with Gasteiger partial charge in [-0.2, -0.15) is 0 Å². The average Bonchev–Trinajstić information content (AvgIpc) is 2.96. The van der Waals surface area contributed by atoms with E-state index in [4.69, 9.17) is 4.42 Å². The van der Waals surface area contributed by atoms with Crippen LogP contribution in [0.1, 0.15) is 11.1 Å². The largest absolute Gasteiger partial charge is 0.508 e. The number of phenolic OH excluding ortho intramolecular Hbond substituents is 1. The highest BCUT2D eigenvalue weighted by Gasteiger charge is 2.13. The summed E-state index contributed by atoms with van der Waals surface area (Å²) in [7, 11) is 1.77. The van der Waals surface area contributed by atoms with Crippen LogP contribution >= 0.6 is 0 Å². The maximum absolute atomic E-state index is 12.4. The van der Waals surface area contributed by atoms with Gasteiger partial charge in [-0.3, -0.25) is 4.79 Å². The maximum atomic E-state index is 12.4. The lowest BCUT2D eigenvalue weighted by Gasteiger charge is -2.17. The van der Waals surface area contributed by atoms with Crippen molar-refractivity contribution in [3.8, 4) is 5.75 Å². The van der Waals surface area contributed by atoms with E-state index in [1.807, 2.05) is 30.3 Å². The molecule has 0 saturated carbocycles. The molecule has 0 bridgehead atoms. The van der Waals surface area contributed by atoms with Crippen molar-refractivity contribution in [3.63, 3.8) is 0 Å². The van der Waals surface area contributed by atoms with Crippen molar-refractivity contribution in [3.05, 3.63) is 65.9 Å². The van der Waals surface area contributed by atoms with Crippen LogP contribution < -0.4 is 0 Å². The van der Waals surface area contributed by atoms with Gasteiger partial charge < -0.3 is 14.4 Å². The fraction of sp³-hybridized carbons (Fsp3) is 0.167. The van der Waals surface area contributed by atoms with Crippen molar-refractivity contribution in [1.82, 2.24) is 4.90 Å². The first-order chi connectivity index (χ1) is 10.6. The van der Waals surface area contributed by atoms with Gasteiger partial charge in [0.15, 0.2) is 0 Å². The van der Waals surface area contributed by atoms with E-state index in [-0.39, 0.29) is 11.7 Å². The molecule has 0 aliphatic rings. The number of carbonyl (C=O) groups excluding carboxylic acids is 1. The molecule has 1 N–H and O–H groups in total. The van der Waals surface area contributed by atoms with Crippen molar-refractivity contribution < 1.29 is 14.3 Å². The second-order valence-electron chi connectivity index (χ2n) is 5.35. The molecule has 1 aromatic heterocycles. The molecule has 0 spiro atoms. The summed E-state index contributed by atoms with van der Waals surface area (Å²) in [5.74, 6) is 0.235. The molecule has 0 atom stereocenters. The molecule has 4 nitrogen and oxygen atoms in total. The summed E-state index contributed by atoms with van der Waals surface area (Å²) < 4.78 is 5.36. The lowest BCUT2D eigenvalue weighted by Crippen LogP contribution is -2.27.